The Bertz CT molecular complexity index is 479. The first-order valence-corrected chi connectivity index (χ1v) is 4.80. The fraction of sp³-hybridized carbons (Fsp3) is 0.273. The molecule has 1 heterocycles. The van der Waals surface area contributed by atoms with Gasteiger partial charge in [0, 0.05) is 5.69 Å². The second kappa shape index (κ2) is 3.93. The quantitative estimate of drug-likeness (QED) is 0.614. The lowest BCUT2D eigenvalue weighted by Gasteiger charge is -2.12. The monoisotopic (exact) mass is 218 g/mol. The number of aliphatic hydroxyl groups is 2. The molecule has 0 spiro atoms. The third-order valence-corrected chi connectivity index (χ3v) is 2.53. The summed E-state index contributed by atoms with van der Waals surface area (Å²) < 4.78 is 0. The smallest absolute Gasteiger partial charge is 0.228 e. The van der Waals surface area contributed by atoms with Gasteiger partial charge in [-0.15, -0.1) is 0 Å². The van der Waals surface area contributed by atoms with Crippen LogP contribution in [-0.2, 0) is 11.2 Å². The van der Waals surface area contributed by atoms with Crippen LogP contribution in [0.25, 0.3) is 0 Å². The van der Waals surface area contributed by atoms with Gasteiger partial charge in [-0.05, 0) is 17.2 Å². The lowest BCUT2D eigenvalue weighted by atomic mass is 10.0. The molecular weight excluding hydrogens is 208 g/mol. The zero-order valence-corrected chi connectivity index (χ0v) is 8.34. The second-order valence-corrected chi connectivity index (χ2v) is 3.66. The number of nitrogens with one attached hydrogen (secondary N) is 1. The van der Waals surface area contributed by atoms with Crippen LogP contribution in [0.1, 0.15) is 17.2 Å². The van der Waals surface area contributed by atoms with Crippen molar-refractivity contribution in [2.24, 2.45) is 0 Å². The molecule has 1 aromatic rings. The van der Waals surface area contributed by atoms with Crippen molar-refractivity contribution >= 4 is 11.6 Å². The third-order valence-electron chi connectivity index (χ3n) is 2.53. The van der Waals surface area contributed by atoms with Crippen molar-refractivity contribution in [2.45, 2.75) is 18.6 Å². The third kappa shape index (κ3) is 1.76. The average Bonchev–Trinajstić information content (AvgIpc) is 2.65. The zero-order chi connectivity index (χ0) is 11.7. The molecule has 0 fully saturated rings. The fourth-order valence-electron chi connectivity index (χ4n) is 1.69. The predicted molar refractivity (Wildman–Crippen MR) is 55.4 cm³/mol. The van der Waals surface area contributed by atoms with Crippen LogP contribution in [0.2, 0.25) is 0 Å². The van der Waals surface area contributed by atoms with Crippen molar-refractivity contribution < 1.29 is 15.0 Å². The van der Waals surface area contributed by atoms with Crippen LogP contribution >= 0.6 is 0 Å². The first kappa shape index (κ1) is 10.6. The standard InChI is InChI=1S/C11H10N2O3/c12-5-9(14)11(16)6-1-2-8-7(3-6)4-10(15)13-8/h1-3,9,11,14,16H,4H2,(H,13,15). The van der Waals surface area contributed by atoms with Gasteiger partial charge in [0.05, 0.1) is 12.5 Å². The highest BCUT2D eigenvalue weighted by atomic mass is 16.3. The first-order chi connectivity index (χ1) is 7.61. The van der Waals surface area contributed by atoms with Gasteiger partial charge in [-0.2, -0.15) is 5.26 Å². The normalized spacial score (nSPS) is 17.2. The van der Waals surface area contributed by atoms with E-state index in [2.05, 4.69) is 5.32 Å². The van der Waals surface area contributed by atoms with Crippen molar-refractivity contribution in [1.29, 1.82) is 5.26 Å². The summed E-state index contributed by atoms with van der Waals surface area (Å²) >= 11 is 0. The molecule has 2 unspecified atom stereocenters. The molecule has 5 heteroatoms. The molecule has 1 aliphatic rings. The minimum atomic E-state index is -1.46. The summed E-state index contributed by atoms with van der Waals surface area (Å²) in [6.07, 6.45) is -2.44. The molecule has 3 N–H and O–H groups in total. The molecule has 0 saturated heterocycles. The number of anilines is 1. The Balaban J connectivity index is 2.29. The number of benzene rings is 1. The van der Waals surface area contributed by atoms with Gasteiger partial charge in [0.25, 0.3) is 0 Å². The summed E-state index contributed by atoms with van der Waals surface area (Å²) in [5.41, 5.74) is 1.92. The van der Waals surface area contributed by atoms with E-state index in [0.29, 0.717) is 11.3 Å². The van der Waals surface area contributed by atoms with Gasteiger partial charge in [-0.1, -0.05) is 12.1 Å². The number of rotatable bonds is 2. The fourth-order valence-corrected chi connectivity index (χ4v) is 1.69. The maximum absolute atomic E-state index is 11.1. The van der Waals surface area contributed by atoms with Gasteiger partial charge in [0.1, 0.15) is 6.10 Å². The van der Waals surface area contributed by atoms with E-state index in [9.17, 15) is 15.0 Å². The van der Waals surface area contributed by atoms with Gasteiger partial charge in [-0.3, -0.25) is 4.79 Å². The molecule has 0 bridgehead atoms. The molecule has 2 atom stereocenters. The zero-order valence-electron chi connectivity index (χ0n) is 8.34. The number of carbonyl (C=O) groups excluding carboxylic acids is 1. The summed E-state index contributed by atoms with van der Waals surface area (Å²) in [6.45, 7) is 0. The number of amides is 1. The molecule has 2 rings (SSSR count). The highest BCUT2D eigenvalue weighted by molar-refractivity contribution is 5.99. The highest BCUT2D eigenvalue weighted by Gasteiger charge is 2.22. The van der Waals surface area contributed by atoms with Gasteiger partial charge < -0.3 is 15.5 Å². The van der Waals surface area contributed by atoms with Crippen LogP contribution in [-0.4, -0.2) is 22.2 Å². The average molecular weight is 218 g/mol. The maximum Gasteiger partial charge on any atom is 0.228 e. The molecule has 1 aromatic carbocycles. The summed E-state index contributed by atoms with van der Waals surface area (Å²) in [4.78, 5) is 11.1. The Morgan fingerprint density at radius 1 is 1.44 bits per heavy atom. The van der Waals surface area contributed by atoms with Crippen LogP contribution in [0.15, 0.2) is 18.2 Å². The van der Waals surface area contributed by atoms with Gasteiger partial charge in [0.15, 0.2) is 6.10 Å². The first-order valence-electron chi connectivity index (χ1n) is 4.80. The van der Waals surface area contributed by atoms with E-state index in [1.807, 2.05) is 0 Å². The summed E-state index contributed by atoms with van der Waals surface area (Å²) in [5.74, 6) is -0.0949. The van der Waals surface area contributed by atoms with Crippen LogP contribution in [0.3, 0.4) is 0 Å². The van der Waals surface area contributed by atoms with E-state index >= 15 is 0 Å². The Morgan fingerprint density at radius 2 is 2.19 bits per heavy atom. The van der Waals surface area contributed by atoms with Crippen molar-refractivity contribution in [2.75, 3.05) is 5.32 Å². The Morgan fingerprint density at radius 3 is 2.88 bits per heavy atom. The number of aliphatic hydroxyl groups excluding tert-OH is 2. The highest BCUT2D eigenvalue weighted by Crippen LogP contribution is 2.27. The number of fused-ring (bicyclic) bond motifs is 1. The van der Waals surface area contributed by atoms with Gasteiger partial charge >= 0.3 is 0 Å². The largest absolute Gasteiger partial charge is 0.385 e. The van der Waals surface area contributed by atoms with Gasteiger partial charge in [0.2, 0.25) is 5.91 Å². The van der Waals surface area contributed by atoms with E-state index in [4.69, 9.17) is 5.26 Å². The van der Waals surface area contributed by atoms with Crippen LogP contribution < -0.4 is 5.32 Å². The van der Waals surface area contributed by atoms with Crippen molar-refractivity contribution in [3.63, 3.8) is 0 Å². The molecule has 0 radical (unpaired) electrons. The van der Waals surface area contributed by atoms with E-state index in [1.165, 1.54) is 0 Å². The Labute approximate surface area is 91.9 Å². The van der Waals surface area contributed by atoms with Crippen LogP contribution in [0.4, 0.5) is 5.69 Å². The lowest BCUT2D eigenvalue weighted by molar-refractivity contribution is -0.115. The number of hydrogen-bond donors (Lipinski definition) is 3. The molecule has 0 aromatic heterocycles. The Hall–Kier alpha value is -1.90. The van der Waals surface area contributed by atoms with E-state index in [1.54, 1.807) is 24.3 Å². The Kier molecular flexibility index (Phi) is 2.60. The summed E-state index contributed by atoms with van der Waals surface area (Å²) in [6, 6.07) is 6.42. The predicted octanol–water partition coefficient (Wildman–Crippen LogP) is 0.0991. The maximum atomic E-state index is 11.1. The molecule has 5 nitrogen and oxygen atoms in total. The molecule has 0 saturated carbocycles. The second-order valence-electron chi connectivity index (χ2n) is 3.66. The molecule has 16 heavy (non-hydrogen) atoms. The number of nitriles is 1. The molecule has 1 aliphatic heterocycles. The molecule has 0 aliphatic carbocycles. The van der Waals surface area contributed by atoms with Crippen molar-refractivity contribution in [3.8, 4) is 6.07 Å². The molecule has 82 valence electrons. The van der Waals surface area contributed by atoms with Gasteiger partial charge in [-0.25, -0.2) is 0 Å². The van der Waals surface area contributed by atoms with E-state index in [-0.39, 0.29) is 12.3 Å². The number of hydrogen-bond acceptors (Lipinski definition) is 4. The summed E-state index contributed by atoms with van der Waals surface area (Å²) in [7, 11) is 0. The van der Waals surface area contributed by atoms with Crippen molar-refractivity contribution in [3.05, 3.63) is 29.3 Å². The summed E-state index contributed by atoms with van der Waals surface area (Å²) in [5, 5.41) is 29.9. The molecular formula is C11H10N2O3. The van der Waals surface area contributed by atoms with E-state index in [0.717, 1.165) is 5.56 Å². The lowest BCUT2D eigenvalue weighted by Crippen LogP contribution is -2.15. The SMILES string of the molecule is N#CC(O)C(O)c1ccc2c(c1)CC(=O)N2. The number of carbonyl (C=O) groups is 1. The van der Waals surface area contributed by atoms with Crippen LogP contribution in [0.5, 0.6) is 0 Å². The minimum absolute atomic E-state index is 0.0949. The van der Waals surface area contributed by atoms with Crippen LogP contribution in [0, 0.1) is 11.3 Å². The van der Waals surface area contributed by atoms with E-state index < -0.39 is 12.2 Å². The minimum Gasteiger partial charge on any atom is -0.385 e. The topological polar surface area (TPSA) is 93.3 Å². The van der Waals surface area contributed by atoms with Crippen molar-refractivity contribution in [1.82, 2.24) is 0 Å². The number of nitrogens with zero attached hydrogens (tertiary/aromatic N) is 1. The molecule has 1 amide bonds.